The van der Waals surface area contributed by atoms with Gasteiger partial charge in [-0.3, -0.25) is 4.79 Å². The molecule has 1 rings (SSSR count). The average molecular weight is 231 g/mol. The number of ether oxygens (including phenoxy) is 1. The second kappa shape index (κ2) is 4.09. The lowest BCUT2D eigenvalue weighted by molar-refractivity contribution is -0.173. The molecule has 7 heteroatoms. The molecule has 0 saturated carbocycles. The van der Waals surface area contributed by atoms with Crippen LogP contribution in [0.1, 0.15) is 20.3 Å². The molecule has 0 aromatic carbocycles. The number of amides is 2. The van der Waals surface area contributed by atoms with E-state index in [1.165, 1.54) is 0 Å². The minimum absolute atomic E-state index is 0.210. The monoisotopic (exact) mass is 231 g/mol. The lowest BCUT2D eigenvalue weighted by Crippen LogP contribution is -2.49. The zero-order chi connectivity index (χ0) is 12.5. The van der Waals surface area contributed by atoms with Gasteiger partial charge in [0.15, 0.2) is 0 Å². The number of esters is 1. The Kier molecular flexibility index (Phi) is 3.18. The minimum atomic E-state index is -2.36. The molecule has 2 amide bonds. The summed E-state index contributed by atoms with van der Waals surface area (Å²) in [5.74, 6) is -2.25. The van der Waals surface area contributed by atoms with Crippen molar-refractivity contribution in [1.29, 1.82) is 0 Å². The first-order valence-electron chi connectivity index (χ1n) is 4.77. The SMILES string of the molecule is CC(C)OC(=O)C1(O)CCN(C(=O)O)C1=O. The van der Waals surface area contributed by atoms with Gasteiger partial charge in [0.05, 0.1) is 6.10 Å². The zero-order valence-electron chi connectivity index (χ0n) is 8.97. The van der Waals surface area contributed by atoms with Crippen molar-refractivity contribution in [2.75, 3.05) is 6.54 Å². The van der Waals surface area contributed by atoms with Crippen LogP contribution in [0.4, 0.5) is 4.79 Å². The molecule has 0 bridgehead atoms. The van der Waals surface area contributed by atoms with Crippen molar-refractivity contribution in [3.8, 4) is 0 Å². The van der Waals surface area contributed by atoms with E-state index in [2.05, 4.69) is 0 Å². The summed E-state index contributed by atoms with van der Waals surface area (Å²) in [5, 5.41) is 18.4. The van der Waals surface area contributed by atoms with E-state index >= 15 is 0 Å². The summed E-state index contributed by atoms with van der Waals surface area (Å²) >= 11 is 0. The predicted octanol–water partition coefficient (Wildman–Crippen LogP) is -0.421. The molecule has 0 spiro atoms. The van der Waals surface area contributed by atoms with Gasteiger partial charge in [-0.25, -0.2) is 14.5 Å². The van der Waals surface area contributed by atoms with Crippen molar-refractivity contribution < 1.29 is 29.3 Å². The first-order valence-corrected chi connectivity index (χ1v) is 4.77. The van der Waals surface area contributed by atoms with Crippen LogP contribution in [0.3, 0.4) is 0 Å². The second-order valence-electron chi connectivity index (χ2n) is 3.80. The van der Waals surface area contributed by atoms with Gasteiger partial charge in [0.25, 0.3) is 5.91 Å². The summed E-state index contributed by atoms with van der Waals surface area (Å²) < 4.78 is 4.71. The Morgan fingerprint density at radius 3 is 2.44 bits per heavy atom. The standard InChI is InChI=1S/C9H13NO6/c1-5(2)16-7(12)9(15)3-4-10(6(9)11)8(13)14/h5,15H,3-4H2,1-2H3,(H,13,14). The molecule has 16 heavy (non-hydrogen) atoms. The molecule has 1 aliphatic heterocycles. The Morgan fingerprint density at radius 1 is 1.50 bits per heavy atom. The molecular formula is C9H13NO6. The lowest BCUT2D eigenvalue weighted by atomic mass is 10.0. The fraction of sp³-hybridized carbons (Fsp3) is 0.667. The molecule has 7 nitrogen and oxygen atoms in total. The maximum Gasteiger partial charge on any atom is 0.414 e. The number of aliphatic hydroxyl groups is 1. The van der Waals surface area contributed by atoms with Gasteiger partial charge >= 0.3 is 12.1 Å². The van der Waals surface area contributed by atoms with Crippen molar-refractivity contribution in [3.05, 3.63) is 0 Å². The lowest BCUT2D eigenvalue weighted by Gasteiger charge is -2.20. The van der Waals surface area contributed by atoms with Crippen LogP contribution < -0.4 is 0 Å². The summed E-state index contributed by atoms with van der Waals surface area (Å²) in [7, 11) is 0. The first kappa shape index (κ1) is 12.4. The highest BCUT2D eigenvalue weighted by atomic mass is 16.6. The normalized spacial score (nSPS) is 25.0. The molecule has 0 aliphatic carbocycles. The molecule has 0 aromatic rings. The molecule has 1 fully saturated rings. The Bertz CT molecular complexity index is 339. The van der Waals surface area contributed by atoms with Gasteiger partial charge in [0.2, 0.25) is 5.60 Å². The van der Waals surface area contributed by atoms with Crippen LogP contribution in [-0.4, -0.2) is 51.3 Å². The number of rotatable bonds is 2. The minimum Gasteiger partial charge on any atom is -0.465 e. The molecule has 1 atom stereocenters. The highest BCUT2D eigenvalue weighted by molar-refractivity contribution is 6.11. The van der Waals surface area contributed by atoms with Crippen molar-refractivity contribution in [1.82, 2.24) is 4.90 Å². The largest absolute Gasteiger partial charge is 0.465 e. The van der Waals surface area contributed by atoms with E-state index in [0.717, 1.165) is 0 Å². The molecule has 2 N–H and O–H groups in total. The molecule has 1 heterocycles. The zero-order valence-corrected chi connectivity index (χ0v) is 8.97. The number of hydrogen-bond donors (Lipinski definition) is 2. The number of hydrogen-bond acceptors (Lipinski definition) is 5. The predicted molar refractivity (Wildman–Crippen MR) is 50.5 cm³/mol. The Hall–Kier alpha value is -1.63. The van der Waals surface area contributed by atoms with Crippen molar-refractivity contribution in [2.45, 2.75) is 32.0 Å². The van der Waals surface area contributed by atoms with Crippen LogP contribution in [0.15, 0.2) is 0 Å². The molecular weight excluding hydrogens is 218 g/mol. The Morgan fingerprint density at radius 2 is 2.06 bits per heavy atom. The maximum atomic E-state index is 11.5. The van der Waals surface area contributed by atoms with Crippen molar-refractivity contribution in [2.24, 2.45) is 0 Å². The van der Waals surface area contributed by atoms with E-state index in [4.69, 9.17) is 9.84 Å². The van der Waals surface area contributed by atoms with Gasteiger partial charge in [0, 0.05) is 13.0 Å². The van der Waals surface area contributed by atoms with Crippen LogP contribution >= 0.6 is 0 Å². The van der Waals surface area contributed by atoms with Gasteiger partial charge in [0.1, 0.15) is 0 Å². The van der Waals surface area contributed by atoms with E-state index in [1.54, 1.807) is 13.8 Å². The van der Waals surface area contributed by atoms with E-state index in [-0.39, 0.29) is 13.0 Å². The molecule has 0 aromatic heterocycles. The fourth-order valence-electron chi connectivity index (χ4n) is 1.39. The number of nitrogens with zero attached hydrogens (tertiary/aromatic N) is 1. The van der Waals surface area contributed by atoms with Crippen LogP contribution in [0.2, 0.25) is 0 Å². The van der Waals surface area contributed by atoms with E-state index in [1.807, 2.05) is 0 Å². The van der Waals surface area contributed by atoms with Gasteiger partial charge in [-0.15, -0.1) is 0 Å². The van der Waals surface area contributed by atoms with E-state index < -0.39 is 29.7 Å². The number of carbonyl (C=O) groups excluding carboxylic acids is 2. The Labute approximate surface area is 91.6 Å². The molecule has 90 valence electrons. The van der Waals surface area contributed by atoms with Gasteiger partial charge in [-0.2, -0.15) is 0 Å². The highest BCUT2D eigenvalue weighted by Crippen LogP contribution is 2.25. The second-order valence-corrected chi connectivity index (χ2v) is 3.80. The van der Waals surface area contributed by atoms with Crippen LogP contribution in [0, 0.1) is 0 Å². The molecule has 1 aliphatic rings. The van der Waals surface area contributed by atoms with Crippen LogP contribution in [-0.2, 0) is 14.3 Å². The molecule has 1 saturated heterocycles. The summed E-state index contributed by atoms with van der Waals surface area (Å²) in [6.45, 7) is 2.92. The summed E-state index contributed by atoms with van der Waals surface area (Å²) in [6.07, 6.45) is -2.24. The Balaban J connectivity index is 2.84. The smallest absolute Gasteiger partial charge is 0.414 e. The molecule has 0 radical (unpaired) electrons. The quantitative estimate of drug-likeness (QED) is 0.494. The highest BCUT2D eigenvalue weighted by Gasteiger charge is 2.54. The van der Waals surface area contributed by atoms with Gasteiger partial charge in [-0.1, -0.05) is 0 Å². The topological polar surface area (TPSA) is 104 Å². The van der Waals surface area contributed by atoms with E-state index in [9.17, 15) is 19.5 Å². The van der Waals surface area contributed by atoms with Gasteiger partial charge < -0.3 is 14.9 Å². The number of imide groups is 1. The van der Waals surface area contributed by atoms with Crippen molar-refractivity contribution >= 4 is 18.0 Å². The number of likely N-dealkylation sites (tertiary alicyclic amines) is 1. The maximum absolute atomic E-state index is 11.5. The number of carboxylic acid groups (broad SMARTS) is 1. The van der Waals surface area contributed by atoms with Gasteiger partial charge in [-0.05, 0) is 13.8 Å². The summed E-state index contributed by atoms with van der Waals surface area (Å²) in [4.78, 5) is 33.9. The summed E-state index contributed by atoms with van der Waals surface area (Å²) in [6, 6.07) is 0. The first-order chi connectivity index (χ1) is 7.29. The summed E-state index contributed by atoms with van der Waals surface area (Å²) in [5.41, 5.74) is -2.36. The van der Waals surface area contributed by atoms with E-state index in [0.29, 0.717) is 4.90 Å². The van der Waals surface area contributed by atoms with Crippen LogP contribution in [0.25, 0.3) is 0 Å². The van der Waals surface area contributed by atoms with Crippen molar-refractivity contribution in [3.63, 3.8) is 0 Å². The third-order valence-electron chi connectivity index (χ3n) is 2.21. The van der Waals surface area contributed by atoms with Crippen LogP contribution in [0.5, 0.6) is 0 Å². The average Bonchev–Trinajstić information content (AvgIpc) is 2.44. The third-order valence-corrected chi connectivity index (χ3v) is 2.21. The number of carbonyl (C=O) groups is 3. The fourth-order valence-corrected chi connectivity index (χ4v) is 1.39. The molecule has 1 unspecified atom stereocenters. The third kappa shape index (κ3) is 1.99.